The first kappa shape index (κ1) is 19.6. The van der Waals surface area contributed by atoms with Gasteiger partial charge in [0.15, 0.2) is 6.54 Å². The first-order chi connectivity index (χ1) is 13.2. The van der Waals surface area contributed by atoms with Crippen LogP contribution in [0.3, 0.4) is 0 Å². The van der Waals surface area contributed by atoms with Crippen molar-refractivity contribution in [2.45, 2.75) is 19.8 Å². The number of benzene rings is 1. The van der Waals surface area contributed by atoms with Gasteiger partial charge in [0, 0.05) is 37.3 Å². The first-order valence-electron chi connectivity index (χ1n) is 9.88. The van der Waals surface area contributed by atoms with E-state index < -0.39 is 0 Å². The molecule has 0 saturated carbocycles. The Hall–Kier alpha value is -2.12. The number of amides is 1. The predicted molar refractivity (Wildman–Crippen MR) is 103 cm³/mol. The van der Waals surface area contributed by atoms with Gasteiger partial charge in [-0.1, -0.05) is 0 Å². The lowest BCUT2D eigenvalue weighted by molar-refractivity contribution is -0.897. The number of nitrogens with zero attached hydrogens (tertiary/aromatic N) is 1. The molecule has 7 nitrogen and oxygen atoms in total. The van der Waals surface area contributed by atoms with Gasteiger partial charge in [-0.25, -0.2) is 0 Å². The normalized spacial score (nSPS) is 22.9. The fraction of sp³-hybridized carbons (Fsp3) is 0.600. The van der Waals surface area contributed by atoms with E-state index in [-0.39, 0.29) is 17.8 Å². The summed E-state index contributed by atoms with van der Waals surface area (Å²) < 4.78 is 10.5. The van der Waals surface area contributed by atoms with E-state index in [1.54, 1.807) is 0 Å². The molecule has 3 rings (SSSR count). The lowest BCUT2D eigenvalue weighted by Gasteiger charge is -2.29. The van der Waals surface area contributed by atoms with Crippen molar-refractivity contribution in [2.75, 3.05) is 62.8 Å². The lowest BCUT2D eigenvalue weighted by atomic mass is 9.97. The molecule has 0 aromatic heterocycles. The molecule has 1 aromatic carbocycles. The Balaban J connectivity index is 1.42. The number of hydrogen-bond donors (Lipinski definition) is 2. The molecule has 7 heteroatoms. The molecule has 0 unspecified atom stereocenters. The summed E-state index contributed by atoms with van der Waals surface area (Å²) in [5.41, 5.74) is 1.97. The number of rotatable bonds is 6. The molecule has 2 heterocycles. The summed E-state index contributed by atoms with van der Waals surface area (Å²) in [5.74, 6) is -0.0930. The van der Waals surface area contributed by atoms with Gasteiger partial charge in [0.2, 0.25) is 0 Å². The van der Waals surface area contributed by atoms with Crippen LogP contribution in [0.1, 0.15) is 19.8 Å². The minimum Gasteiger partial charge on any atom is -0.466 e. The predicted octanol–water partition coefficient (Wildman–Crippen LogP) is 0.320. The maximum Gasteiger partial charge on any atom is 0.309 e. The summed E-state index contributed by atoms with van der Waals surface area (Å²) >= 11 is 0. The maximum absolute atomic E-state index is 12.3. The fourth-order valence-electron chi connectivity index (χ4n) is 3.71. The third kappa shape index (κ3) is 5.68. The molecule has 1 aromatic rings. The topological polar surface area (TPSA) is 72.3 Å². The summed E-state index contributed by atoms with van der Waals surface area (Å²) in [7, 11) is 0. The molecule has 2 fully saturated rings. The van der Waals surface area contributed by atoms with Crippen molar-refractivity contribution in [3.63, 3.8) is 0 Å². The molecular formula is C20H30N3O4+. The van der Waals surface area contributed by atoms with Crippen LogP contribution < -0.4 is 15.1 Å². The van der Waals surface area contributed by atoms with Crippen molar-refractivity contribution < 1.29 is 24.0 Å². The molecular weight excluding hydrogens is 346 g/mol. The summed E-state index contributed by atoms with van der Waals surface area (Å²) in [6, 6.07) is 7.98. The van der Waals surface area contributed by atoms with E-state index in [9.17, 15) is 9.59 Å². The van der Waals surface area contributed by atoms with Crippen molar-refractivity contribution in [1.29, 1.82) is 0 Å². The highest BCUT2D eigenvalue weighted by molar-refractivity contribution is 5.91. The Labute approximate surface area is 160 Å². The van der Waals surface area contributed by atoms with Gasteiger partial charge in [-0.2, -0.15) is 0 Å². The number of morpholine rings is 1. The monoisotopic (exact) mass is 376 g/mol. The Morgan fingerprint density at radius 3 is 2.48 bits per heavy atom. The third-order valence-electron chi connectivity index (χ3n) is 5.25. The quantitative estimate of drug-likeness (QED) is 0.700. The van der Waals surface area contributed by atoms with E-state index >= 15 is 0 Å². The summed E-state index contributed by atoms with van der Waals surface area (Å²) in [6.45, 7) is 7.66. The first-order valence-corrected chi connectivity index (χ1v) is 9.88. The number of carbonyl (C=O) groups is 2. The standard InChI is InChI=1S/C20H29N3O4/c1-2-27-20(25)16-7-9-22(10-8-16)15-19(24)21-17-3-5-18(6-4-17)23-11-13-26-14-12-23/h3-6,16H,2,7-15H2,1H3,(H,21,24)/p+1. The molecule has 0 spiro atoms. The molecule has 0 atom stereocenters. The smallest absolute Gasteiger partial charge is 0.309 e. The van der Waals surface area contributed by atoms with Crippen molar-refractivity contribution in [3.05, 3.63) is 24.3 Å². The van der Waals surface area contributed by atoms with Crippen molar-refractivity contribution in [2.24, 2.45) is 5.92 Å². The van der Waals surface area contributed by atoms with Crippen LogP contribution in [-0.4, -0.2) is 64.4 Å². The van der Waals surface area contributed by atoms with Gasteiger partial charge in [-0.05, 0) is 31.2 Å². The molecule has 0 bridgehead atoms. The molecule has 2 saturated heterocycles. The Bertz CT molecular complexity index is 621. The lowest BCUT2D eigenvalue weighted by Crippen LogP contribution is -3.14. The number of quaternary nitrogens is 1. The van der Waals surface area contributed by atoms with E-state index in [1.807, 2.05) is 31.2 Å². The van der Waals surface area contributed by atoms with Gasteiger partial charge in [0.25, 0.3) is 5.91 Å². The van der Waals surface area contributed by atoms with E-state index in [0.29, 0.717) is 13.2 Å². The second kappa shape index (κ2) is 9.71. The minimum absolute atomic E-state index is 0.00973. The van der Waals surface area contributed by atoms with Gasteiger partial charge in [0.05, 0.1) is 38.8 Å². The average Bonchev–Trinajstić information content (AvgIpc) is 2.70. The number of ether oxygens (including phenoxy) is 2. The van der Waals surface area contributed by atoms with Crippen LogP contribution in [-0.2, 0) is 19.1 Å². The highest BCUT2D eigenvalue weighted by Gasteiger charge is 2.29. The van der Waals surface area contributed by atoms with E-state index in [4.69, 9.17) is 9.47 Å². The van der Waals surface area contributed by atoms with E-state index in [2.05, 4.69) is 10.2 Å². The number of nitrogens with one attached hydrogen (secondary N) is 2. The number of carbonyl (C=O) groups excluding carboxylic acids is 2. The Morgan fingerprint density at radius 2 is 1.85 bits per heavy atom. The largest absolute Gasteiger partial charge is 0.466 e. The van der Waals surface area contributed by atoms with Gasteiger partial charge in [-0.15, -0.1) is 0 Å². The summed E-state index contributed by atoms with van der Waals surface area (Å²) in [4.78, 5) is 27.6. The SMILES string of the molecule is CCOC(=O)C1CC[NH+](CC(=O)Nc2ccc(N3CCOCC3)cc2)CC1. The van der Waals surface area contributed by atoms with Gasteiger partial charge in [0.1, 0.15) is 0 Å². The minimum atomic E-state index is -0.0960. The second-order valence-corrected chi connectivity index (χ2v) is 7.15. The van der Waals surface area contributed by atoms with Crippen LogP contribution in [0.5, 0.6) is 0 Å². The summed E-state index contributed by atoms with van der Waals surface area (Å²) in [6.07, 6.45) is 1.57. The van der Waals surface area contributed by atoms with E-state index in [0.717, 1.165) is 63.6 Å². The molecule has 2 N–H and O–H groups in total. The zero-order chi connectivity index (χ0) is 19.1. The highest BCUT2D eigenvalue weighted by Crippen LogP contribution is 2.19. The van der Waals surface area contributed by atoms with Crippen LogP contribution in [0.2, 0.25) is 0 Å². The zero-order valence-corrected chi connectivity index (χ0v) is 16.0. The summed E-state index contributed by atoms with van der Waals surface area (Å²) in [5, 5.41) is 2.98. The second-order valence-electron chi connectivity index (χ2n) is 7.15. The van der Waals surface area contributed by atoms with Gasteiger partial charge >= 0.3 is 5.97 Å². The molecule has 0 radical (unpaired) electrons. The molecule has 1 amide bonds. The molecule has 2 aliphatic rings. The average molecular weight is 376 g/mol. The van der Waals surface area contributed by atoms with Crippen molar-refractivity contribution >= 4 is 23.3 Å². The Kier molecular flexibility index (Phi) is 7.06. The van der Waals surface area contributed by atoms with Crippen LogP contribution in [0, 0.1) is 5.92 Å². The molecule has 27 heavy (non-hydrogen) atoms. The van der Waals surface area contributed by atoms with Crippen LogP contribution in [0.4, 0.5) is 11.4 Å². The molecule has 0 aliphatic carbocycles. The van der Waals surface area contributed by atoms with Crippen LogP contribution >= 0.6 is 0 Å². The number of likely N-dealkylation sites (tertiary alicyclic amines) is 1. The fourth-order valence-corrected chi connectivity index (χ4v) is 3.71. The number of esters is 1. The highest BCUT2D eigenvalue weighted by atomic mass is 16.5. The van der Waals surface area contributed by atoms with Crippen molar-refractivity contribution in [3.8, 4) is 0 Å². The number of piperidine rings is 1. The number of hydrogen-bond acceptors (Lipinski definition) is 5. The maximum atomic E-state index is 12.3. The Morgan fingerprint density at radius 1 is 1.19 bits per heavy atom. The number of anilines is 2. The third-order valence-corrected chi connectivity index (χ3v) is 5.25. The molecule has 2 aliphatic heterocycles. The van der Waals surface area contributed by atoms with Crippen LogP contribution in [0.15, 0.2) is 24.3 Å². The zero-order valence-electron chi connectivity index (χ0n) is 16.0. The molecule has 148 valence electrons. The van der Waals surface area contributed by atoms with Gasteiger partial charge in [-0.3, -0.25) is 9.59 Å². The van der Waals surface area contributed by atoms with Gasteiger partial charge < -0.3 is 24.6 Å². The van der Waals surface area contributed by atoms with E-state index in [1.165, 1.54) is 4.90 Å². The van der Waals surface area contributed by atoms with Crippen LogP contribution in [0.25, 0.3) is 0 Å². The van der Waals surface area contributed by atoms with Crippen molar-refractivity contribution in [1.82, 2.24) is 0 Å².